The van der Waals surface area contributed by atoms with Gasteiger partial charge in [0.05, 0.1) is 5.56 Å². The molecule has 0 bridgehead atoms. The Morgan fingerprint density at radius 2 is 1.93 bits per heavy atom. The fourth-order valence-corrected chi connectivity index (χ4v) is 3.80. The maximum Gasteiger partial charge on any atom is 0.417 e. The molecule has 2 atom stereocenters. The zero-order valence-corrected chi connectivity index (χ0v) is 16.2. The summed E-state index contributed by atoms with van der Waals surface area (Å²) < 4.78 is 50.2. The van der Waals surface area contributed by atoms with Crippen molar-refractivity contribution in [3.05, 3.63) is 70.1 Å². The summed E-state index contributed by atoms with van der Waals surface area (Å²) in [6.07, 6.45) is -4.86. The molecule has 5 nitrogen and oxygen atoms in total. The molecule has 1 aromatic heterocycles. The second-order valence-corrected chi connectivity index (χ2v) is 7.29. The molecule has 4 rings (SSSR count). The average Bonchev–Trinajstić information content (AvgIpc) is 3.01. The first-order chi connectivity index (χ1) is 14.1. The summed E-state index contributed by atoms with van der Waals surface area (Å²) in [5.74, 6) is -0.135. The first kappa shape index (κ1) is 20.0. The lowest BCUT2D eigenvalue weighted by molar-refractivity contribution is -0.136. The molecule has 0 saturated carbocycles. The number of benzene rings is 2. The molecule has 0 unspecified atom stereocenters. The molecule has 30 heavy (non-hydrogen) atoms. The topological polar surface area (TPSA) is 59.8 Å². The molecule has 0 radical (unpaired) electrons. The number of ether oxygens (including phenoxy) is 1. The van der Waals surface area contributed by atoms with Gasteiger partial charge in [0.15, 0.2) is 6.10 Å². The van der Waals surface area contributed by atoms with Gasteiger partial charge in [0.25, 0.3) is 5.91 Å². The van der Waals surface area contributed by atoms with Gasteiger partial charge < -0.3 is 14.1 Å². The maximum atomic E-state index is 13.2. The molecule has 0 fully saturated rings. The van der Waals surface area contributed by atoms with E-state index in [1.807, 2.05) is 31.2 Å². The highest BCUT2D eigenvalue weighted by Gasteiger charge is 2.35. The van der Waals surface area contributed by atoms with E-state index in [9.17, 15) is 22.8 Å². The van der Waals surface area contributed by atoms with E-state index in [1.165, 1.54) is 18.2 Å². The number of halogens is 3. The highest BCUT2D eigenvalue weighted by Crippen LogP contribution is 2.36. The summed E-state index contributed by atoms with van der Waals surface area (Å²) in [5.41, 5.74) is -0.556. The van der Waals surface area contributed by atoms with E-state index in [0.29, 0.717) is 6.07 Å². The minimum Gasteiger partial charge on any atom is -0.481 e. The number of hydrogen-bond donors (Lipinski definition) is 0. The minimum absolute atomic E-state index is 0.0371. The number of rotatable bonds is 3. The van der Waals surface area contributed by atoms with Crippen LogP contribution in [0.3, 0.4) is 0 Å². The molecular formula is C22H18F3NO4. The van der Waals surface area contributed by atoms with Crippen LogP contribution in [0.25, 0.3) is 11.0 Å². The molecule has 1 aliphatic heterocycles. The monoisotopic (exact) mass is 417 g/mol. The third-order valence-corrected chi connectivity index (χ3v) is 5.13. The largest absolute Gasteiger partial charge is 0.481 e. The van der Waals surface area contributed by atoms with E-state index in [1.54, 1.807) is 11.8 Å². The Kier molecular flexibility index (Phi) is 4.80. The van der Waals surface area contributed by atoms with Gasteiger partial charge in [-0.25, -0.2) is 4.79 Å². The smallest absolute Gasteiger partial charge is 0.417 e. The number of para-hydroxylation sites is 1. The Morgan fingerprint density at radius 1 is 1.20 bits per heavy atom. The number of alkyl halides is 3. The molecule has 0 saturated heterocycles. The highest BCUT2D eigenvalue weighted by molar-refractivity contribution is 5.99. The molecule has 0 aliphatic carbocycles. The lowest BCUT2D eigenvalue weighted by Gasteiger charge is -2.26. The SMILES string of the molecule is C[C@H](Oc1ccc2c(C(F)(F)F)cc(=O)oc2c1)C(=O)N1c2ccccc2C[C@@H]1C. The predicted octanol–water partition coefficient (Wildman–Crippen LogP) is 4.56. The van der Waals surface area contributed by atoms with Crippen LogP contribution < -0.4 is 15.3 Å². The molecule has 0 N–H and O–H groups in total. The van der Waals surface area contributed by atoms with E-state index >= 15 is 0 Å². The van der Waals surface area contributed by atoms with Crippen LogP contribution in [0.15, 0.2) is 57.7 Å². The number of carbonyl (C=O) groups is 1. The number of anilines is 1. The van der Waals surface area contributed by atoms with Crippen LogP contribution >= 0.6 is 0 Å². The third-order valence-electron chi connectivity index (χ3n) is 5.13. The molecule has 8 heteroatoms. The van der Waals surface area contributed by atoms with E-state index in [2.05, 4.69) is 0 Å². The number of amides is 1. The van der Waals surface area contributed by atoms with Gasteiger partial charge in [0.1, 0.15) is 11.3 Å². The van der Waals surface area contributed by atoms with E-state index < -0.39 is 23.5 Å². The predicted molar refractivity (Wildman–Crippen MR) is 105 cm³/mol. The normalized spacial score (nSPS) is 17.1. The average molecular weight is 417 g/mol. The lowest BCUT2D eigenvalue weighted by Crippen LogP contribution is -2.43. The Balaban J connectivity index is 1.61. The van der Waals surface area contributed by atoms with Crippen LogP contribution in [0, 0.1) is 0 Å². The van der Waals surface area contributed by atoms with E-state index in [-0.39, 0.29) is 28.7 Å². The number of hydrogen-bond acceptors (Lipinski definition) is 4. The first-order valence-corrected chi connectivity index (χ1v) is 9.38. The van der Waals surface area contributed by atoms with Gasteiger partial charge >= 0.3 is 11.8 Å². The standard InChI is InChI=1S/C22H18F3NO4/c1-12-9-14-5-3-4-6-18(14)26(12)21(28)13(2)29-15-7-8-16-17(22(23,24)25)11-20(27)30-19(16)10-15/h3-8,10-13H,9H2,1-2H3/t12-,13-/m0/s1. The summed E-state index contributed by atoms with van der Waals surface area (Å²) in [4.78, 5) is 26.2. The molecule has 1 amide bonds. The summed E-state index contributed by atoms with van der Waals surface area (Å²) in [7, 11) is 0. The zero-order valence-electron chi connectivity index (χ0n) is 16.2. The van der Waals surface area contributed by atoms with Crippen LogP contribution in [-0.4, -0.2) is 18.1 Å². The summed E-state index contributed by atoms with van der Waals surface area (Å²) in [6.45, 7) is 3.51. The molecule has 2 heterocycles. The quantitative estimate of drug-likeness (QED) is 0.587. The van der Waals surface area contributed by atoms with Crippen LogP contribution in [0.2, 0.25) is 0 Å². The van der Waals surface area contributed by atoms with Gasteiger partial charge in [-0.3, -0.25) is 4.79 Å². The summed E-state index contributed by atoms with van der Waals surface area (Å²) in [6, 6.07) is 11.7. The van der Waals surface area contributed by atoms with Crippen LogP contribution in [-0.2, 0) is 17.4 Å². The molecule has 3 aromatic rings. The van der Waals surface area contributed by atoms with Crippen molar-refractivity contribution in [2.45, 2.75) is 38.6 Å². The lowest BCUT2D eigenvalue weighted by atomic mass is 10.1. The number of nitrogens with zero attached hydrogens (tertiary/aromatic N) is 1. The molecule has 2 aromatic carbocycles. The second kappa shape index (κ2) is 7.19. The fraction of sp³-hybridized carbons (Fsp3) is 0.273. The van der Waals surface area contributed by atoms with Crippen molar-refractivity contribution in [3.63, 3.8) is 0 Å². The van der Waals surface area contributed by atoms with Crippen molar-refractivity contribution in [2.75, 3.05) is 4.90 Å². The maximum absolute atomic E-state index is 13.2. The van der Waals surface area contributed by atoms with Gasteiger partial charge in [-0.05, 0) is 44.0 Å². The molecule has 1 aliphatic rings. The van der Waals surface area contributed by atoms with Crippen molar-refractivity contribution in [1.82, 2.24) is 0 Å². The van der Waals surface area contributed by atoms with Gasteiger partial charge in [0, 0.05) is 29.2 Å². The van der Waals surface area contributed by atoms with Crippen LogP contribution in [0.1, 0.15) is 25.0 Å². The van der Waals surface area contributed by atoms with Gasteiger partial charge in [-0.1, -0.05) is 18.2 Å². The Hall–Kier alpha value is -3.29. The summed E-state index contributed by atoms with van der Waals surface area (Å²) in [5, 5.41) is -0.254. The van der Waals surface area contributed by atoms with Crippen molar-refractivity contribution in [3.8, 4) is 5.75 Å². The van der Waals surface area contributed by atoms with Crippen molar-refractivity contribution < 1.29 is 27.1 Å². The molecular weight excluding hydrogens is 399 g/mol. The Labute approximate surface area is 169 Å². The van der Waals surface area contributed by atoms with E-state index in [4.69, 9.17) is 9.15 Å². The number of fused-ring (bicyclic) bond motifs is 2. The van der Waals surface area contributed by atoms with Crippen LogP contribution in [0.5, 0.6) is 5.75 Å². The molecule has 0 spiro atoms. The second-order valence-electron chi connectivity index (χ2n) is 7.29. The van der Waals surface area contributed by atoms with Crippen molar-refractivity contribution >= 4 is 22.6 Å². The minimum atomic E-state index is -4.70. The van der Waals surface area contributed by atoms with Crippen molar-refractivity contribution in [2.24, 2.45) is 0 Å². The Bertz CT molecular complexity index is 1180. The Morgan fingerprint density at radius 3 is 2.67 bits per heavy atom. The third kappa shape index (κ3) is 3.53. The fourth-order valence-electron chi connectivity index (χ4n) is 3.80. The highest BCUT2D eigenvalue weighted by atomic mass is 19.4. The zero-order chi connectivity index (χ0) is 21.6. The van der Waals surface area contributed by atoms with Gasteiger partial charge in [-0.2, -0.15) is 13.2 Å². The number of carbonyl (C=O) groups excluding carboxylic acids is 1. The summed E-state index contributed by atoms with van der Waals surface area (Å²) >= 11 is 0. The van der Waals surface area contributed by atoms with E-state index in [0.717, 1.165) is 17.7 Å². The van der Waals surface area contributed by atoms with Crippen LogP contribution in [0.4, 0.5) is 18.9 Å². The van der Waals surface area contributed by atoms with Gasteiger partial charge in [0.2, 0.25) is 0 Å². The molecule has 156 valence electrons. The van der Waals surface area contributed by atoms with Gasteiger partial charge in [-0.15, -0.1) is 0 Å². The van der Waals surface area contributed by atoms with Crippen molar-refractivity contribution in [1.29, 1.82) is 0 Å². The first-order valence-electron chi connectivity index (χ1n) is 9.38.